The lowest BCUT2D eigenvalue weighted by molar-refractivity contribution is 0.668. The summed E-state index contributed by atoms with van der Waals surface area (Å²) in [5.41, 5.74) is 3.22. The SMILES string of the molecule is C/C=N/CCc1ccc2oc3ccccc3c2c1. The van der Waals surface area contributed by atoms with Crippen molar-refractivity contribution in [2.24, 2.45) is 4.99 Å². The maximum Gasteiger partial charge on any atom is 0.135 e. The molecule has 0 unspecified atom stereocenters. The molecule has 0 atom stereocenters. The molecule has 0 N–H and O–H groups in total. The normalized spacial score (nSPS) is 11.8. The predicted octanol–water partition coefficient (Wildman–Crippen LogP) is 4.22. The van der Waals surface area contributed by atoms with Crippen molar-refractivity contribution in [2.75, 3.05) is 6.54 Å². The Bertz CT molecular complexity index is 709. The van der Waals surface area contributed by atoms with Crippen molar-refractivity contribution in [3.8, 4) is 0 Å². The van der Waals surface area contributed by atoms with E-state index in [0.717, 1.165) is 24.1 Å². The molecule has 3 rings (SSSR count). The fraction of sp³-hybridized carbons (Fsp3) is 0.188. The van der Waals surface area contributed by atoms with Gasteiger partial charge in [-0.3, -0.25) is 4.99 Å². The quantitative estimate of drug-likeness (QED) is 0.626. The number of hydrogen-bond acceptors (Lipinski definition) is 2. The van der Waals surface area contributed by atoms with E-state index >= 15 is 0 Å². The third-order valence-corrected chi connectivity index (χ3v) is 3.15. The van der Waals surface area contributed by atoms with Gasteiger partial charge in [-0.1, -0.05) is 24.3 Å². The van der Waals surface area contributed by atoms with Gasteiger partial charge >= 0.3 is 0 Å². The van der Waals surface area contributed by atoms with Crippen molar-refractivity contribution < 1.29 is 4.42 Å². The Morgan fingerprint density at radius 3 is 2.78 bits per heavy atom. The average molecular weight is 237 g/mol. The second-order valence-corrected chi connectivity index (χ2v) is 4.34. The van der Waals surface area contributed by atoms with Crippen LogP contribution in [-0.2, 0) is 6.42 Å². The van der Waals surface area contributed by atoms with Crippen LogP contribution in [0.3, 0.4) is 0 Å². The van der Waals surface area contributed by atoms with Crippen molar-refractivity contribution in [2.45, 2.75) is 13.3 Å². The predicted molar refractivity (Wildman–Crippen MR) is 76.5 cm³/mol. The van der Waals surface area contributed by atoms with Crippen LogP contribution < -0.4 is 0 Å². The zero-order chi connectivity index (χ0) is 12.4. The molecule has 1 aromatic heterocycles. The molecule has 0 spiro atoms. The second kappa shape index (κ2) is 4.65. The van der Waals surface area contributed by atoms with E-state index in [1.165, 1.54) is 16.3 Å². The summed E-state index contributed by atoms with van der Waals surface area (Å²) in [6.07, 6.45) is 2.82. The van der Waals surface area contributed by atoms with Crippen molar-refractivity contribution in [3.63, 3.8) is 0 Å². The van der Waals surface area contributed by atoms with Gasteiger partial charge in [-0.05, 0) is 43.3 Å². The highest BCUT2D eigenvalue weighted by Crippen LogP contribution is 2.29. The fourth-order valence-electron chi connectivity index (χ4n) is 2.25. The molecule has 0 amide bonds. The number of para-hydroxylation sites is 1. The first-order valence-electron chi connectivity index (χ1n) is 6.23. The van der Waals surface area contributed by atoms with Gasteiger partial charge in [-0.15, -0.1) is 0 Å². The molecule has 2 nitrogen and oxygen atoms in total. The number of benzene rings is 2. The summed E-state index contributed by atoms with van der Waals surface area (Å²) in [7, 11) is 0. The lowest BCUT2D eigenvalue weighted by Gasteiger charge is -1.98. The molecule has 0 saturated carbocycles. The Balaban J connectivity index is 2.07. The number of furan rings is 1. The highest BCUT2D eigenvalue weighted by Gasteiger charge is 2.06. The summed E-state index contributed by atoms with van der Waals surface area (Å²) in [5, 5.41) is 2.39. The van der Waals surface area contributed by atoms with Crippen LogP contribution in [0.25, 0.3) is 21.9 Å². The van der Waals surface area contributed by atoms with E-state index in [2.05, 4.69) is 29.3 Å². The summed E-state index contributed by atoms with van der Waals surface area (Å²) in [4.78, 5) is 4.25. The van der Waals surface area contributed by atoms with Crippen LogP contribution in [0.15, 0.2) is 51.9 Å². The molecule has 2 aromatic carbocycles. The Morgan fingerprint density at radius 1 is 1.06 bits per heavy atom. The van der Waals surface area contributed by atoms with Crippen LogP contribution in [0.1, 0.15) is 12.5 Å². The minimum absolute atomic E-state index is 0.845. The van der Waals surface area contributed by atoms with Crippen molar-refractivity contribution in [3.05, 3.63) is 48.0 Å². The monoisotopic (exact) mass is 237 g/mol. The zero-order valence-electron chi connectivity index (χ0n) is 10.4. The van der Waals surface area contributed by atoms with E-state index < -0.39 is 0 Å². The van der Waals surface area contributed by atoms with Crippen molar-refractivity contribution in [1.82, 2.24) is 0 Å². The molecule has 2 heteroatoms. The minimum Gasteiger partial charge on any atom is -0.456 e. The first-order valence-corrected chi connectivity index (χ1v) is 6.23. The Morgan fingerprint density at radius 2 is 1.89 bits per heavy atom. The van der Waals surface area contributed by atoms with Crippen LogP contribution >= 0.6 is 0 Å². The molecule has 0 radical (unpaired) electrons. The molecule has 0 saturated heterocycles. The highest BCUT2D eigenvalue weighted by atomic mass is 16.3. The van der Waals surface area contributed by atoms with Crippen LogP contribution in [0, 0.1) is 0 Å². The minimum atomic E-state index is 0.845. The molecule has 18 heavy (non-hydrogen) atoms. The maximum atomic E-state index is 5.80. The third-order valence-electron chi connectivity index (χ3n) is 3.15. The topological polar surface area (TPSA) is 25.5 Å². The van der Waals surface area contributed by atoms with Gasteiger partial charge in [-0.2, -0.15) is 0 Å². The Labute approximate surface area is 106 Å². The number of fused-ring (bicyclic) bond motifs is 3. The van der Waals surface area contributed by atoms with E-state index in [4.69, 9.17) is 4.42 Å². The average Bonchev–Trinajstić information content (AvgIpc) is 2.77. The van der Waals surface area contributed by atoms with Gasteiger partial charge in [0, 0.05) is 17.3 Å². The van der Waals surface area contributed by atoms with E-state index in [1.807, 2.05) is 31.3 Å². The number of hydrogen-bond donors (Lipinski definition) is 0. The number of aliphatic imine (C=N–C) groups is 1. The molecule has 0 aliphatic rings. The van der Waals surface area contributed by atoms with Gasteiger partial charge in [0.1, 0.15) is 11.2 Å². The molecule has 3 aromatic rings. The van der Waals surface area contributed by atoms with E-state index in [1.54, 1.807) is 0 Å². The summed E-state index contributed by atoms with van der Waals surface area (Å²) in [6.45, 7) is 2.80. The summed E-state index contributed by atoms with van der Waals surface area (Å²) in [5.74, 6) is 0. The maximum absolute atomic E-state index is 5.80. The molecule has 1 heterocycles. The summed E-state index contributed by atoms with van der Waals surface area (Å²) >= 11 is 0. The van der Waals surface area contributed by atoms with Crippen molar-refractivity contribution in [1.29, 1.82) is 0 Å². The lowest BCUT2D eigenvalue weighted by Crippen LogP contribution is -1.88. The molecular formula is C16H15NO. The molecule has 0 fully saturated rings. The molecule has 90 valence electrons. The van der Waals surface area contributed by atoms with Gasteiger partial charge in [0.25, 0.3) is 0 Å². The fourth-order valence-corrected chi connectivity index (χ4v) is 2.25. The van der Waals surface area contributed by atoms with Gasteiger partial charge in [-0.25, -0.2) is 0 Å². The van der Waals surface area contributed by atoms with Crippen LogP contribution in [0.5, 0.6) is 0 Å². The van der Waals surface area contributed by atoms with Gasteiger partial charge in [0.15, 0.2) is 0 Å². The van der Waals surface area contributed by atoms with E-state index in [9.17, 15) is 0 Å². The van der Waals surface area contributed by atoms with E-state index in [0.29, 0.717) is 0 Å². The first-order chi connectivity index (χ1) is 8.88. The van der Waals surface area contributed by atoms with Gasteiger partial charge in [0.05, 0.1) is 0 Å². The Kier molecular flexibility index (Phi) is 2.85. The number of nitrogens with zero attached hydrogens (tertiary/aromatic N) is 1. The van der Waals surface area contributed by atoms with Crippen LogP contribution in [0.2, 0.25) is 0 Å². The molecule has 0 aliphatic carbocycles. The molecular weight excluding hydrogens is 222 g/mol. The van der Waals surface area contributed by atoms with E-state index in [-0.39, 0.29) is 0 Å². The third kappa shape index (κ3) is 1.90. The molecule has 0 bridgehead atoms. The largest absolute Gasteiger partial charge is 0.456 e. The lowest BCUT2D eigenvalue weighted by atomic mass is 10.1. The first kappa shape index (κ1) is 11.0. The Hall–Kier alpha value is -2.09. The summed E-state index contributed by atoms with van der Waals surface area (Å²) < 4.78 is 5.80. The van der Waals surface area contributed by atoms with Gasteiger partial charge in [0.2, 0.25) is 0 Å². The second-order valence-electron chi connectivity index (χ2n) is 4.34. The number of rotatable bonds is 3. The smallest absolute Gasteiger partial charge is 0.135 e. The van der Waals surface area contributed by atoms with Crippen molar-refractivity contribution >= 4 is 28.2 Å². The zero-order valence-corrected chi connectivity index (χ0v) is 10.4. The standard InChI is InChI=1S/C16H15NO/c1-2-17-10-9-12-7-8-16-14(11-12)13-5-3-4-6-15(13)18-16/h2-8,11H,9-10H2,1H3/b17-2+. The molecule has 0 aliphatic heterocycles. The van der Waals surface area contributed by atoms with Crippen LogP contribution in [0.4, 0.5) is 0 Å². The van der Waals surface area contributed by atoms with Crippen LogP contribution in [-0.4, -0.2) is 12.8 Å². The summed E-state index contributed by atoms with van der Waals surface area (Å²) in [6, 6.07) is 14.6. The highest BCUT2D eigenvalue weighted by molar-refractivity contribution is 6.04. The van der Waals surface area contributed by atoms with Gasteiger partial charge < -0.3 is 4.42 Å².